The minimum atomic E-state index is -0.642. The highest BCUT2D eigenvalue weighted by atomic mass is 19.1. The Morgan fingerprint density at radius 2 is 1.61 bits per heavy atom. The lowest BCUT2D eigenvalue weighted by Crippen LogP contribution is -2.49. The van der Waals surface area contributed by atoms with Crippen molar-refractivity contribution >= 4 is 17.7 Å². The van der Waals surface area contributed by atoms with Crippen LogP contribution in [0.5, 0.6) is 0 Å². The van der Waals surface area contributed by atoms with E-state index < -0.39 is 17.7 Å². The Kier molecular flexibility index (Phi) is 5.77. The normalized spacial score (nSPS) is 14.6. The fourth-order valence-electron chi connectivity index (χ4n) is 3.32. The van der Waals surface area contributed by atoms with E-state index >= 15 is 0 Å². The van der Waals surface area contributed by atoms with E-state index in [2.05, 4.69) is 5.32 Å². The largest absolute Gasteiger partial charge is 0.351 e. The molecule has 1 aliphatic heterocycles. The molecule has 0 unspecified atom stereocenters. The number of nitrogens with zero attached hydrogens (tertiary/aromatic N) is 2. The maximum Gasteiger partial charge on any atom is 0.321 e. The molecule has 8 heteroatoms. The topological polar surface area (TPSA) is 78.7 Å². The second-order valence-corrected chi connectivity index (χ2v) is 6.83. The van der Waals surface area contributed by atoms with Crippen molar-refractivity contribution in [3.8, 4) is 11.1 Å². The first-order chi connectivity index (χ1) is 13.3. The van der Waals surface area contributed by atoms with E-state index in [4.69, 9.17) is 5.73 Å². The van der Waals surface area contributed by atoms with Crippen molar-refractivity contribution in [2.45, 2.75) is 18.9 Å². The zero-order valence-electron chi connectivity index (χ0n) is 15.5. The monoisotopic (exact) mass is 388 g/mol. The molecule has 0 bridgehead atoms. The van der Waals surface area contributed by atoms with Crippen LogP contribution < -0.4 is 11.1 Å². The van der Waals surface area contributed by atoms with Crippen molar-refractivity contribution in [2.75, 3.05) is 25.5 Å². The van der Waals surface area contributed by atoms with Crippen molar-refractivity contribution in [3.63, 3.8) is 0 Å². The molecule has 3 rings (SSSR count). The van der Waals surface area contributed by atoms with Gasteiger partial charge in [0.15, 0.2) is 0 Å². The Hall–Kier alpha value is -3.16. The highest BCUT2D eigenvalue weighted by molar-refractivity contribution is 5.89. The van der Waals surface area contributed by atoms with Crippen LogP contribution in [0.2, 0.25) is 0 Å². The van der Waals surface area contributed by atoms with Crippen LogP contribution in [-0.4, -0.2) is 48.0 Å². The van der Waals surface area contributed by atoms with E-state index in [0.29, 0.717) is 42.7 Å². The molecule has 1 aliphatic rings. The number of rotatable bonds is 3. The first-order valence-electron chi connectivity index (χ1n) is 8.98. The zero-order valence-corrected chi connectivity index (χ0v) is 15.5. The van der Waals surface area contributed by atoms with Crippen molar-refractivity contribution < 1.29 is 18.4 Å². The third-order valence-electron chi connectivity index (χ3n) is 4.98. The van der Waals surface area contributed by atoms with Crippen molar-refractivity contribution in [3.05, 3.63) is 54.1 Å². The minimum Gasteiger partial charge on any atom is -0.351 e. The number of nitrogens with two attached hydrogens (primary N) is 1. The van der Waals surface area contributed by atoms with Gasteiger partial charge in [-0.2, -0.15) is 0 Å². The van der Waals surface area contributed by atoms with Gasteiger partial charge in [-0.25, -0.2) is 18.4 Å². The molecule has 2 aromatic rings. The van der Waals surface area contributed by atoms with E-state index in [0.717, 1.165) is 6.07 Å². The SMILES string of the molecule is CN(C(=O)Nc1ccc(-c2cc(F)cc(F)c2)cc1)C1CCN(C(N)=O)CC1. The summed E-state index contributed by atoms with van der Waals surface area (Å²) >= 11 is 0. The van der Waals surface area contributed by atoms with E-state index in [9.17, 15) is 18.4 Å². The van der Waals surface area contributed by atoms with Gasteiger partial charge in [-0.15, -0.1) is 0 Å². The van der Waals surface area contributed by atoms with Gasteiger partial charge in [0, 0.05) is 37.9 Å². The van der Waals surface area contributed by atoms with Gasteiger partial charge in [0.2, 0.25) is 0 Å². The lowest BCUT2D eigenvalue weighted by molar-refractivity contribution is 0.149. The predicted molar refractivity (Wildman–Crippen MR) is 103 cm³/mol. The molecule has 1 heterocycles. The minimum absolute atomic E-state index is 0.0187. The number of benzene rings is 2. The first kappa shape index (κ1) is 19.6. The number of nitrogens with one attached hydrogen (secondary N) is 1. The van der Waals surface area contributed by atoms with Crippen molar-refractivity contribution in [2.24, 2.45) is 5.73 Å². The molecule has 0 atom stereocenters. The number of likely N-dealkylation sites (tertiary alicyclic amines) is 1. The molecule has 2 aromatic carbocycles. The van der Waals surface area contributed by atoms with Crippen LogP contribution in [0.25, 0.3) is 11.1 Å². The lowest BCUT2D eigenvalue weighted by Gasteiger charge is -2.35. The maximum absolute atomic E-state index is 13.4. The molecule has 0 saturated carbocycles. The second-order valence-electron chi connectivity index (χ2n) is 6.83. The molecular weight excluding hydrogens is 366 g/mol. The maximum atomic E-state index is 13.4. The zero-order chi connectivity index (χ0) is 20.3. The van der Waals surface area contributed by atoms with E-state index in [1.165, 1.54) is 12.1 Å². The first-order valence-corrected chi connectivity index (χ1v) is 8.98. The molecule has 28 heavy (non-hydrogen) atoms. The highest BCUT2D eigenvalue weighted by Gasteiger charge is 2.26. The van der Waals surface area contributed by atoms with Crippen LogP contribution in [0.1, 0.15) is 12.8 Å². The van der Waals surface area contributed by atoms with E-state index in [1.807, 2.05) is 0 Å². The number of piperidine rings is 1. The van der Waals surface area contributed by atoms with Gasteiger partial charge in [0.05, 0.1) is 0 Å². The summed E-state index contributed by atoms with van der Waals surface area (Å²) in [7, 11) is 1.71. The summed E-state index contributed by atoms with van der Waals surface area (Å²) in [6.45, 7) is 1.05. The molecule has 6 nitrogen and oxygen atoms in total. The number of carbonyl (C=O) groups is 2. The van der Waals surface area contributed by atoms with Gasteiger partial charge in [-0.05, 0) is 48.2 Å². The van der Waals surface area contributed by atoms with Crippen LogP contribution in [-0.2, 0) is 0 Å². The number of amides is 4. The Morgan fingerprint density at radius 3 is 2.14 bits per heavy atom. The summed E-state index contributed by atoms with van der Waals surface area (Å²) in [5, 5.41) is 2.81. The molecule has 148 valence electrons. The number of anilines is 1. The number of halogens is 2. The van der Waals surface area contributed by atoms with Gasteiger partial charge in [-0.3, -0.25) is 0 Å². The molecule has 0 spiro atoms. The number of hydrogen-bond donors (Lipinski definition) is 2. The number of urea groups is 2. The van der Waals surface area contributed by atoms with Crippen LogP contribution >= 0.6 is 0 Å². The quantitative estimate of drug-likeness (QED) is 0.842. The lowest BCUT2D eigenvalue weighted by atomic mass is 10.0. The smallest absolute Gasteiger partial charge is 0.321 e. The fraction of sp³-hybridized carbons (Fsp3) is 0.300. The van der Waals surface area contributed by atoms with Crippen LogP contribution in [0.3, 0.4) is 0 Å². The van der Waals surface area contributed by atoms with Crippen LogP contribution in [0.4, 0.5) is 24.1 Å². The van der Waals surface area contributed by atoms with Gasteiger partial charge < -0.3 is 20.9 Å². The average Bonchev–Trinajstić information content (AvgIpc) is 2.67. The molecular formula is C20H22F2N4O2. The molecule has 1 fully saturated rings. The van der Waals surface area contributed by atoms with Crippen molar-refractivity contribution in [1.82, 2.24) is 9.80 Å². The number of hydrogen-bond acceptors (Lipinski definition) is 2. The van der Waals surface area contributed by atoms with Crippen LogP contribution in [0, 0.1) is 11.6 Å². The summed E-state index contributed by atoms with van der Waals surface area (Å²) in [5.74, 6) is -1.28. The Labute approximate surface area is 161 Å². The highest BCUT2D eigenvalue weighted by Crippen LogP contribution is 2.24. The molecule has 3 N–H and O–H groups in total. The summed E-state index contributed by atoms with van der Waals surface area (Å²) in [5.41, 5.74) is 6.92. The molecule has 0 aliphatic carbocycles. The molecule has 4 amide bonds. The van der Waals surface area contributed by atoms with Gasteiger partial charge in [0.25, 0.3) is 0 Å². The Bertz CT molecular complexity index is 845. The van der Waals surface area contributed by atoms with Gasteiger partial charge in [0.1, 0.15) is 11.6 Å². The summed E-state index contributed by atoms with van der Waals surface area (Å²) in [6.07, 6.45) is 1.33. The van der Waals surface area contributed by atoms with E-state index in [-0.39, 0.29) is 12.1 Å². The third kappa shape index (κ3) is 4.57. The van der Waals surface area contributed by atoms with Crippen molar-refractivity contribution in [1.29, 1.82) is 0 Å². The van der Waals surface area contributed by atoms with E-state index in [1.54, 1.807) is 41.1 Å². The molecule has 1 saturated heterocycles. The Balaban J connectivity index is 1.60. The number of carbonyl (C=O) groups excluding carboxylic acids is 2. The fourth-order valence-corrected chi connectivity index (χ4v) is 3.32. The van der Waals surface area contributed by atoms with Crippen LogP contribution in [0.15, 0.2) is 42.5 Å². The number of primary amides is 1. The molecule has 0 radical (unpaired) electrons. The summed E-state index contributed by atoms with van der Waals surface area (Å²) < 4.78 is 26.7. The summed E-state index contributed by atoms with van der Waals surface area (Å²) in [6, 6.07) is 9.38. The third-order valence-corrected chi connectivity index (χ3v) is 4.98. The standard InChI is InChI=1S/C20H22F2N4O2/c1-25(18-6-8-26(9-7-18)19(23)27)20(28)24-17-4-2-13(3-5-17)14-10-15(21)12-16(22)11-14/h2-5,10-12,18H,6-9H2,1H3,(H2,23,27)(H,24,28). The predicted octanol–water partition coefficient (Wildman–Crippen LogP) is 3.64. The molecule has 0 aromatic heterocycles. The van der Waals surface area contributed by atoms with Gasteiger partial charge >= 0.3 is 12.1 Å². The average molecular weight is 388 g/mol. The second kappa shape index (κ2) is 8.24. The summed E-state index contributed by atoms with van der Waals surface area (Å²) in [4.78, 5) is 26.9. The Morgan fingerprint density at radius 1 is 1.04 bits per heavy atom. The van der Waals surface area contributed by atoms with Gasteiger partial charge in [-0.1, -0.05) is 12.1 Å².